The molecule has 0 bridgehead atoms. The molecule has 0 aliphatic carbocycles. The predicted octanol–water partition coefficient (Wildman–Crippen LogP) is 2.74. The third-order valence-corrected chi connectivity index (χ3v) is 1.62. The normalized spacial score (nSPS) is 11.9. The molecule has 0 aliphatic heterocycles. The highest BCUT2D eigenvalue weighted by atomic mass is 19.4. The number of carboxylic acids is 1. The van der Waals surface area contributed by atoms with Crippen molar-refractivity contribution < 1.29 is 31.9 Å². The van der Waals surface area contributed by atoms with E-state index in [9.17, 15) is 26.7 Å². The highest BCUT2D eigenvalue weighted by Gasteiger charge is 2.33. The number of hydrogen-bond acceptors (Lipinski definition) is 2. The Kier molecular flexibility index (Phi) is 3.11. The number of rotatable bonds is 2. The summed E-state index contributed by atoms with van der Waals surface area (Å²) in [6, 6.07) is 0.325. The Morgan fingerprint density at radius 2 is 1.88 bits per heavy atom. The molecule has 16 heavy (non-hydrogen) atoms. The number of alkyl halides is 5. The summed E-state index contributed by atoms with van der Waals surface area (Å²) < 4.78 is 60.9. The van der Waals surface area contributed by atoms with E-state index in [0.717, 1.165) is 0 Å². The summed E-state index contributed by atoms with van der Waals surface area (Å²) in [7, 11) is 0. The van der Waals surface area contributed by atoms with Gasteiger partial charge < -0.3 is 5.11 Å². The molecule has 0 spiro atoms. The number of carbonyl (C=O) groups is 1. The molecule has 0 radical (unpaired) electrons. The quantitative estimate of drug-likeness (QED) is 0.810. The average Bonchev–Trinajstić information content (AvgIpc) is 2.15. The SMILES string of the molecule is O=C(O)c1cc(C(F)(F)F)cc(C(F)F)n1. The molecule has 1 aromatic rings. The fraction of sp³-hybridized carbons (Fsp3) is 0.250. The minimum Gasteiger partial charge on any atom is -0.477 e. The first-order valence-electron chi connectivity index (χ1n) is 3.82. The second-order valence-electron chi connectivity index (χ2n) is 2.77. The van der Waals surface area contributed by atoms with Gasteiger partial charge >= 0.3 is 12.1 Å². The summed E-state index contributed by atoms with van der Waals surface area (Å²) in [5, 5.41) is 8.41. The lowest BCUT2D eigenvalue weighted by molar-refractivity contribution is -0.137. The maximum Gasteiger partial charge on any atom is 0.416 e. The molecule has 0 aromatic carbocycles. The molecule has 88 valence electrons. The van der Waals surface area contributed by atoms with E-state index in [2.05, 4.69) is 4.98 Å². The molecule has 0 saturated heterocycles. The van der Waals surface area contributed by atoms with Crippen molar-refractivity contribution in [3.05, 3.63) is 29.1 Å². The first-order valence-corrected chi connectivity index (χ1v) is 3.82. The molecule has 0 aliphatic rings. The van der Waals surface area contributed by atoms with Gasteiger partial charge in [-0.2, -0.15) is 13.2 Å². The van der Waals surface area contributed by atoms with Crippen LogP contribution in [0.5, 0.6) is 0 Å². The zero-order chi connectivity index (χ0) is 12.5. The highest BCUT2D eigenvalue weighted by Crippen LogP contribution is 2.31. The van der Waals surface area contributed by atoms with E-state index in [1.807, 2.05) is 0 Å². The Labute approximate surface area is 85.5 Å². The van der Waals surface area contributed by atoms with Gasteiger partial charge in [-0.3, -0.25) is 0 Å². The van der Waals surface area contributed by atoms with Gasteiger partial charge in [-0.15, -0.1) is 0 Å². The van der Waals surface area contributed by atoms with Crippen molar-refractivity contribution in [2.24, 2.45) is 0 Å². The molecular weight excluding hydrogens is 237 g/mol. The molecular formula is C8H4F5NO2. The van der Waals surface area contributed by atoms with Crippen LogP contribution >= 0.6 is 0 Å². The molecule has 1 aromatic heterocycles. The van der Waals surface area contributed by atoms with Crippen molar-refractivity contribution in [3.8, 4) is 0 Å². The molecule has 0 fully saturated rings. The number of carboxylic acid groups (broad SMARTS) is 1. The van der Waals surface area contributed by atoms with Gasteiger partial charge in [0.15, 0.2) is 0 Å². The lowest BCUT2D eigenvalue weighted by atomic mass is 10.2. The van der Waals surface area contributed by atoms with Crippen molar-refractivity contribution in [2.75, 3.05) is 0 Å². The molecule has 8 heteroatoms. The van der Waals surface area contributed by atoms with Crippen LogP contribution in [0.15, 0.2) is 12.1 Å². The maximum absolute atomic E-state index is 12.2. The third-order valence-electron chi connectivity index (χ3n) is 1.62. The Morgan fingerprint density at radius 3 is 2.25 bits per heavy atom. The summed E-state index contributed by atoms with van der Waals surface area (Å²) in [5.74, 6) is -1.80. The van der Waals surface area contributed by atoms with Crippen molar-refractivity contribution in [2.45, 2.75) is 12.6 Å². The van der Waals surface area contributed by atoms with E-state index < -0.39 is 35.5 Å². The summed E-state index contributed by atoms with van der Waals surface area (Å²) in [5.41, 5.74) is -3.74. The number of halogens is 5. The van der Waals surface area contributed by atoms with E-state index in [4.69, 9.17) is 5.11 Å². The number of pyridine rings is 1. The number of aromatic carboxylic acids is 1. The van der Waals surface area contributed by atoms with Gasteiger partial charge in [0.25, 0.3) is 6.43 Å². The van der Waals surface area contributed by atoms with Crippen LogP contribution in [-0.2, 0) is 6.18 Å². The van der Waals surface area contributed by atoms with E-state index in [1.165, 1.54) is 0 Å². The van der Waals surface area contributed by atoms with Gasteiger partial charge in [-0.05, 0) is 12.1 Å². The van der Waals surface area contributed by atoms with Crippen molar-refractivity contribution in [1.82, 2.24) is 4.98 Å². The fourth-order valence-electron chi connectivity index (χ4n) is 0.937. The molecule has 0 amide bonds. The molecule has 0 unspecified atom stereocenters. The smallest absolute Gasteiger partial charge is 0.416 e. The van der Waals surface area contributed by atoms with Crippen LogP contribution in [0.3, 0.4) is 0 Å². The first-order chi connectivity index (χ1) is 7.21. The standard InChI is InChI=1S/C8H4F5NO2/c9-6(10)4-1-3(8(11,12)13)2-5(14-4)7(15)16/h1-2,6H,(H,15,16). The second kappa shape index (κ2) is 4.03. The highest BCUT2D eigenvalue weighted by molar-refractivity contribution is 5.85. The second-order valence-corrected chi connectivity index (χ2v) is 2.77. The number of aromatic nitrogens is 1. The Bertz CT molecular complexity index is 415. The summed E-state index contributed by atoms with van der Waals surface area (Å²) in [4.78, 5) is 13.3. The van der Waals surface area contributed by atoms with Gasteiger partial charge in [0.2, 0.25) is 0 Å². The monoisotopic (exact) mass is 241 g/mol. The summed E-state index contributed by atoms with van der Waals surface area (Å²) in [6.45, 7) is 0. The molecule has 1 N–H and O–H groups in total. The van der Waals surface area contributed by atoms with Crippen LogP contribution < -0.4 is 0 Å². The van der Waals surface area contributed by atoms with Gasteiger partial charge in [-0.25, -0.2) is 18.6 Å². The van der Waals surface area contributed by atoms with Crippen molar-refractivity contribution >= 4 is 5.97 Å². The van der Waals surface area contributed by atoms with Crippen LogP contribution in [0.4, 0.5) is 22.0 Å². The largest absolute Gasteiger partial charge is 0.477 e. The molecule has 1 heterocycles. The molecule has 3 nitrogen and oxygen atoms in total. The van der Waals surface area contributed by atoms with Gasteiger partial charge in [0.05, 0.1) is 5.56 Å². The van der Waals surface area contributed by atoms with E-state index >= 15 is 0 Å². The minimum absolute atomic E-state index is 0.122. The number of nitrogens with zero attached hydrogens (tertiary/aromatic N) is 1. The Balaban J connectivity index is 3.36. The van der Waals surface area contributed by atoms with Gasteiger partial charge in [-0.1, -0.05) is 0 Å². The topological polar surface area (TPSA) is 50.2 Å². The molecule has 0 atom stereocenters. The van der Waals surface area contributed by atoms with E-state index in [1.54, 1.807) is 0 Å². The predicted molar refractivity (Wildman–Crippen MR) is 41.2 cm³/mol. The van der Waals surface area contributed by atoms with Crippen LogP contribution in [0.1, 0.15) is 28.2 Å². The zero-order valence-corrected chi connectivity index (χ0v) is 7.42. The van der Waals surface area contributed by atoms with Gasteiger partial charge in [0, 0.05) is 0 Å². The van der Waals surface area contributed by atoms with Crippen LogP contribution in [0, 0.1) is 0 Å². The Hall–Kier alpha value is -1.73. The Morgan fingerprint density at radius 1 is 1.31 bits per heavy atom. The van der Waals surface area contributed by atoms with E-state index in [-0.39, 0.29) is 12.1 Å². The van der Waals surface area contributed by atoms with Gasteiger partial charge in [0.1, 0.15) is 11.4 Å². The van der Waals surface area contributed by atoms with Crippen LogP contribution in [0.25, 0.3) is 0 Å². The first kappa shape index (κ1) is 12.3. The molecule has 0 saturated carbocycles. The lowest BCUT2D eigenvalue weighted by Crippen LogP contribution is -2.11. The third kappa shape index (κ3) is 2.65. The zero-order valence-electron chi connectivity index (χ0n) is 7.42. The summed E-state index contributed by atoms with van der Waals surface area (Å²) >= 11 is 0. The lowest BCUT2D eigenvalue weighted by Gasteiger charge is -2.09. The van der Waals surface area contributed by atoms with E-state index in [0.29, 0.717) is 0 Å². The fourth-order valence-corrected chi connectivity index (χ4v) is 0.937. The summed E-state index contributed by atoms with van der Waals surface area (Å²) in [6.07, 6.45) is -8.16. The average molecular weight is 241 g/mol. The molecule has 1 rings (SSSR count). The van der Waals surface area contributed by atoms with Crippen LogP contribution in [0.2, 0.25) is 0 Å². The van der Waals surface area contributed by atoms with Crippen molar-refractivity contribution in [3.63, 3.8) is 0 Å². The van der Waals surface area contributed by atoms with Crippen molar-refractivity contribution in [1.29, 1.82) is 0 Å². The minimum atomic E-state index is -4.89. The number of hydrogen-bond donors (Lipinski definition) is 1. The van der Waals surface area contributed by atoms with Crippen LogP contribution in [-0.4, -0.2) is 16.1 Å². The maximum atomic E-state index is 12.2.